The van der Waals surface area contributed by atoms with Gasteiger partial charge in [-0.15, -0.1) is 0 Å². The first-order valence-corrected chi connectivity index (χ1v) is 11.3. The molecule has 5 rings (SSSR count). The van der Waals surface area contributed by atoms with Gasteiger partial charge in [-0.05, 0) is 36.8 Å². The first-order chi connectivity index (χ1) is 14.7. The molecule has 2 aromatic carbocycles. The number of benzene rings is 2. The Morgan fingerprint density at radius 2 is 1.73 bits per heavy atom. The number of rotatable bonds is 3. The summed E-state index contributed by atoms with van der Waals surface area (Å²) in [6.07, 6.45) is 0. The zero-order chi connectivity index (χ0) is 20.5. The molecule has 0 spiro atoms. The number of hydrogen-bond acceptors (Lipinski definition) is 6. The SMILES string of the molecule is Cc1ccc(C(=O)N2CCN(c3nc4ccccc4s3)CC2)cc1N1CCOCC1. The highest BCUT2D eigenvalue weighted by Gasteiger charge is 2.25. The highest BCUT2D eigenvalue weighted by Crippen LogP contribution is 2.29. The average molecular weight is 423 g/mol. The molecule has 0 radical (unpaired) electrons. The third-order valence-corrected chi connectivity index (χ3v) is 7.03. The van der Waals surface area contributed by atoms with E-state index in [1.165, 1.54) is 10.3 Å². The quantitative estimate of drug-likeness (QED) is 0.648. The van der Waals surface area contributed by atoms with E-state index in [0.29, 0.717) is 0 Å². The van der Waals surface area contributed by atoms with Crippen LogP contribution in [0.15, 0.2) is 42.5 Å². The van der Waals surface area contributed by atoms with E-state index in [0.717, 1.165) is 74.4 Å². The lowest BCUT2D eigenvalue weighted by Gasteiger charge is -2.35. The van der Waals surface area contributed by atoms with Gasteiger partial charge in [0.1, 0.15) is 0 Å². The van der Waals surface area contributed by atoms with E-state index >= 15 is 0 Å². The molecule has 2 fully saturated rings. The van der Waals surface area contributed by atoms with Crippen LogP contribution in [0.1, 0.15) is 15.9 Å². The van der Waals surface area contributed by atoms with Crippen molar-refractivity contribution < 1.29 is 9.53 Å². The monoisotopic (exact) mass is 422 g/mol. The van der Waals surface area contributed by atoms with Crippen molar-refractivity contribution in [3.63, 3.8) is 0 Å². The number of thiazole rings is 1. The molecule has 1 aromatic heterocycles. The van der Waals surface area contributed by atoms with Gasteiger partial charge in [0.05, 0.1) is 23.4 Å². The third-order valence-electron chi connectivity index (χ3n) is 5.93. The van der Waals surface area contributed by atoms with E-state index in [2.05, 4.69) is 41.0 Å². The number of piperazine rings is 1. The fraction of sp³-hybridized carbons (Fsp3) is 0.391. The zero-order valence-corrected chi connectivity index (χ0v) is 18.0. The molecule has 30 heavy (non-hydrogen) atoms. The van der Waals surface area contributed by atoms with Gasteiger partial charge in [0.2, 0.25) is 0 Å². The molecule has 3 heterocycles. The Hall–Kier alpha value is -2.64. The number of carbonyl (C=O) groups is 1. The first-order valence-electron chi connectivity index (χ1n) is 10.5. The van der Waals surface area contributed by atoms with Gasteiger partial charge in [-0.2, -0.15) is 0 Å². The number of aryl methyl sites for hydroxylation is 1. The number of fused-ring (bicyclic) bond motifs is 1. The maximum absolute atomic E-state index is 13.2. The van der Waals surface area contributed by atoms with Crippen molar-refractivity contribution in [2.45, 2.75) is 6.92 Å². The van der Waals surface area contributed by atoms with Crippen molar-refractivity contribution in [1.82, 2.24) is 9.88 Å². The van der Waals surface area contributed by atoms with Crippen LogP contribution in [0, 0.1) is 6.92 Å². The summed E-state index contributed by atoms with van der Waals surface area (Å²) < 4.78 is 6.68. The van der Waals surface area contributed by atoms with Crippen LogP contribution in [0.5, 0.6) is 0 Å². The van der Waals surface area contributed by atoms with Crippen LogP contribution in [0.3, 0.4) is 0 Å². The number of amides is 1. The Kier molecular flexibility index (Phi) is 5.31. The molecule has 0 unspecified atom stereocenters. The second-order valence-corrected chi connectivity index (χ2v) is 8.85. The fourth-order valence-corrected chi connectivity index (χ4v) is 5.18. The molecule has 0 N–H and O–H groups in total. The molecule has 0 saturated carbocycles. The Morgan fingerprint density at radius 1 is 0.967 bits per heavy atom. The van der Waals surface area contributed by atoms with Crippen LogP contribution in [0.2, 0.25) is 0 Å². The Balaban J connectivity index is 1.27. The summed E-state index contributed by atoms with van der Waals surface area (Å²) >= 11 is 1.72. The van der Waals surface area contributed by atoms with E-state index in [4.69, 9.17) is 9.72 Å². The molecular formula is C23H26N4O2S. The van der Waals surface area contributed by atoms with Crippen molar-refractivity contribution in [3.8, 4) is 0 Å². The second-order valence-electron chi connectivity index (χ2n) is 7.84. The Bertz CT molecular complexity index is 1020. The van der Waals surface area contributed by atoms with E-state index < -0.39 is 0 Å². The lowest BCUT2D eigenvalue weighted by molar-refractivity contribution is 0.0747. The van der Waals surface area contributed by atoms with Crippen molar-refractivity contribution in [3.05, 3.63) is 53.6 Å². The van der Waals surface area contributed by atoms with Crippen molar-refractivity contribution in [1.29, 1.82) is 0 Å². The lowest BCUT2D eigenvalue weighted by Crippen LogP contribution is -2.48. The predicted molar refractivity (Wildman–Crippen MR) is 122 cm³/mol. The van der Waals surface area contributed by atoms with Crippen LogP contribution in [-0.2, 0) is 4.74 Å². The molecule has 1 amide bonds. The first kappa shape index (κ1) is 19.3. The topological polar surface area (TPSA) is 48.9 Å². The standard InChI is InChI=1S/C23H26N4O2S/c1-17-6-7-18(16-20(17)25-12-14-29-15-13-25)22(28)26-8-10-27(11-9-26)23-24-19-4-2-3-5-21(19)30-23/h2-7,16H,8-15H2,1H3. The summed E-state index contributed by atoms with van der Waals surface area (Å²) in [6.45, 7) is 8.40. The van der Waals surface area contributed by atoms with Gasteiger partial charge in [0.15, 0.2) is 5.13 Å². The normalized spacial score (nSPS) is 17.6. The number of carbonyl (C=O) groups excluding carboxylic acids is 1. The Morgan fingerprint density at radius 3 is 2.50 bits per heavy atom. The maximum Gasteiger partial charge on any atom is 0.254 e. The highest BCUT2D eigenvalue weighted by atomic mass is 32.1. The molecule has 3 aromatic rings. The average Bonchev–Trinajstić information content (AvgIpc) is 3.24. The number of morpholine rings is 1. The summed E-state index contributed by atoms with van der Waals surface area (Å²) in [4.78, 5) is 24.5. The molecular weight excluding hydrogens is 396 g/mol. The molecule has 156 valence electrons. The number of ether oxygens (including phenoxy) is 1. The van der Waals surface area contributed by atoms with E-state index in [9.17, 15) is 4.79 Å². The van der Waals surface area contributed by atoms with Crippen LogP contribution in [-0.4, -0.2) is 68.3 Å². The number of para-hydroxylation sites is 1. The molecule has 0 atom stereocenters. The molecule has 6 nitrogen and oxygen atoms in total. The van der Waals surface area contributed by atoms with Gasteiger partial charge in [-0.3, -0.25) is 4.79 Å². The molecule has 2 aliphatic heterocycles. The van der Waals surface area contributed by atoms with E-state index in [1.54, 1.807) is 11.3 Å². The molecule has 2 saturated heterocycles. The molecule has 2 aliphatic rings. The summed E-state index contributed by atoms with van der Waals surface area (Å²) in [5.74, 6) is 0.119. The number of hydrogen-bond donors (Lipinski definition) is 0. The van der Waals surface area contributed by atoms with Gasteiger partial charge in [-0.25, -0.2) is 4.98 Å². The zero-order valence-electron chi connectivity index (χ0n) is 17.2. The molecule has 0 aliphatic carbocycles. The summed E-state index contributed by atoms with van der Waals surface area (Å²) in [6, 6.07) is 14.3. The second kappa shape index (κ2) is 8.24. The minimum atomic E-state index is 0.119. The van der Waals surface area contributed by atoms with Crippen molar-refractivity contribution >= 4 is 38.3 Å². The number of anilines is 2. The number of aromatic nitrogens is 1. The minimum absolute atomic E-state index is 0.119. The van der Waals surface area contributed by atoms with Crippen LogP contribution >= 0.6 is 11.3 Å². The van der Waals surface area contributed by atoms with Crippen LogP contribution in [0.25, 0.3) is 10.2 Å². The van der Waals surface area contributed by atoms with Crippen molar-refractivity contribution in [2.24, 2.45) is 0 Å². The summed E-state index contributed by atoms with van der Waals surface area (Å²) in [5, 5.41) is 1.05. The highest BCUT2D eigenvalue weighted by molar-refractivity contribution is 7.22. The fourth-order valence-electron chi connectivity index (χ4n) is 4.17. The summed E-state index contributed by atoms with van der Waals surface area (Å²) in [7, 11) is 0. The van der Waals surface area contributed by atoms with Gasteiger partial charge < -0.3 is 19.4 Å². The van der Waals surface area contributed by atoms with Crippen molar-refractivity contribution in [2.75, 3.05) is 62.3 Å². The van der Waals surface area contributed by atoms with Gasteiger partial charge >= 0.3 is 0 Å². The third kappa shape index (κ3) is 3.75. The lowest BCUT2D eigenvalue weighted by atomic mass is 10.1. The maximum atomic E-state index is 13.2. The van der Waals surface area contributed by atoms with Gasteiger partial charge in [0, 0.05) is 50.5 Å². The van der Waals surface area contributed by atoms with Gasteiger partial charge in [-0.1, -0.05) is 29.5 Å². The van der Waals surface area contributed by atoms with Crippen LogP contribution < -0.4 is 9.80 Å². The van der Waals surface area contributed by atoms with E-state index in [1.807, 2.05) is 23.1 Å². The van der Waals surface area contributed by atoms with Gasteiger partial charge in [0.25, 0.3) is 5.91 Å². The number of nitrogens with zero attached hydrogens (tertiary/aromatic N) is 4. The minimum Gasteiger partial charge on any atom is -0.378 e. The molecule has 0 bridgehead atoms. The van der Waals surface area contributed by atoms with Crippen LogP contribution in [0.4, 0.5) is 10.8 Å². The Labute approximate surface area is 180 Å². The smallest absolute Gasteiger partial charge is 0.254 e. The predicted octanol–water partition coefficient (Wildman–Crippen LogP) is 3.40. The van der Waals surface area contributed by atoms with E-state index in [-0.39, 0.29) is 5.91 Å². The molecule has 7 heteroatoms. The summed E-state index contributed by atoms with van der Waals surface area (Å²) in [5.41, 5.74) is 4.17. The largest absolute Gasteiger partial charge is 0.378 e.